The van der Waals surface area contributed by atoms with Crippen LogP contribution in [-0.4, -0.2) is 0 Å². The van der Waals surface area contributed by atoms with Gasteiger partial charge in [0.1, 0.15) is 0 Å². The molecule has 0 nitrogen and oxygen atoms in total. The summed E-state index contributed by atoms with van der Waals surface area (Å²) in [5.74, 6) is 0.948. The number of aryl methyl sites for hydroxylation is 1. The van der Waals surface area contributed by atoms with Gasteiger partial charge in [0.2, 0.25) is 0 Å². The summed E-state index contributed by atoms with van der Waals surface area (Å²) in [6.45, 7) is 4.57. The van der Waals surface area contributed by atoms with E-state index in [2.05, 4.69) is 44.2 Å². The first kappa shape index (κ1) is 19.3. The molecule has 0 heteroatoms. The van der Waals surface area contributed by atoms with Crippen LogP contribution in [0.5, 0.6) is 0 Å². The van der Waals surface area contributed by atoms with Gasteiger partial charge in [0, 0.05) is 0 Å². The van der Waals surface area contributed by atoms with Crippen LogP contribution in [0.25, 0.3) is 5.57 Å². The smallest absolute Gasteiger partial charge is 0.0228 e. The molecule has 0 saturated carbocycles. The summed E-state index contributed by atoms with van der Waals surface area (Å²) in [4.78, 5) is 0. The van der Waals surface area contributed by atoms with Gasteiger partial charge in [0.05, 0.1) is 0 Å². The number of rotatable bonds is 11. The van der Waals surface area contributed by atoms with E-state index in [1.54, 1.807) is 5.57 Å². The molecule has 134 valence electrons. The van der Waals surface area contributed by atoms with E-state index in [-0.39, 0.29) is 0 Å². The SMILES string of the molecule is CCCCCCCC1CC=C(c2ccc(CCCCC)cc2)CC1. The maximum atomic E-state index is 2.53. The van der Waals surface area contributed by atoms with Gasteiger partial charge in [-0.05, 0) is 54.7 Å². The molecule has 1 aliphatic carbocycles. The lowest BCUT2D eigenvalue weighted by Gasteiger charge is -2.22. The number of allylic oxidation sites excluding steroid dienone is 2. The Morgan fingerprint density at radius 2 is 1.54 bits per heavy atom. The number of benzene rings is 1. The molecular weight excluding hydrogens is 288 g/mol. The lowest BCUT2D eigenvalue weighted by molar-refractivity contribution is 0.423. The summed E-state index contributed by atoms with van der Waals surface area (Å²) in [6, 6.07) is 9.42. The highest BCUT2D eigenvalue weighted by atomic mass is 14.2. The lowest BCUT2D eigenvalue weighted by atomic mass is 9.83. The summed E-state index contributed by atoms with van der Waals surface area (Å²) in [6.07, 6.45) is 20.3. The van der Waals surface area contributed by atoms with E-state index in [9.17, 15) is 0 Å². The first-order chi connectivity index (χ1) is 11.8. The largest absolute Gasteiger partial charge is 0.0804 e. The van der Waals surface area contributed by atoms with Gasteiger partial charge in [0.25, 0.3) is 0 Å². The number of hydrogen-bond donors (Lipinski definition) is 0. The Hall–Kier alpha value is -1.04. The van der Waals surface area contributed by atoms with E-state index in [0.29, 0.717) is 0 Å². The standard InChI is InChI=1S/C24H38/c1-3-5-7-8-10-12-22-15-19-24(20-16-22)23-17-13-21(14-18-23)11-9-6-4-2/h13-14,17-19,22H,3-12,15-16,20H2,1-2H3. The minimum absolute atomic E-state index is 0.948. The molecule has 0 radical (unpaired) electrons. The van der Waals surface area contributed by atoms with E-state index >= 15 is 0 Å². The van der Waals surface area contributed by atoms with Crippen LogP contribution in [-0.2, 0) is 6.42 Å². The fourth-order valence-corrected chi connectivity index (χ4v) is 3.91. The molecule has 0 bridgehead atoms. The Kier molecular flexibility index (Phi) is 9.24. The van der Waals surface area contributed by atoms with E-state index in [1.165, 1.54) is 94.6 Å². The Morgan fingerprint density at radius 3 is 2.21 bits per heavy atom. The maximum absolute atomic E-state index is 2.53. The zero-order valence-electron chi connectivity index (χ0n) is 16.2. The molecular formula is C24H38. The normalized spacial score (nSPS) is 17.8. The van der Waals surface area contributed by atoms with Gasteiger partial charge in [-0.15, -0.1) is 0 Å². The van der Waals surface area contributed by atoms with E-state index in [4.69, 9.17) is 0 Å². The van der Waals surface area contributed by atoms with Crippen molar-refractivity contribution >= 4 is 5.57 Å². The molecule has 0 N–H and O–H groups in total. The quantitative estimate of drug-likeness (QED) is 0.362. The van der Waals surface area contributed by atoms with Gasteiger partial charge in [-0.2, -0.15) is 0 Å². The first-order valence-electron chi connectivity index (χ1n) is 10.6. The Morgan fingerprint density at radius 1 is 0.833 bits per heavy atom. The molecule has 1 aromatic rings. The lowest BCUT2D eigenvalue weighted by Crippen LogP contribution is -2.05. The van der Waals surface area contributed by atoms with Crippen molar-refractivity contribution in [1.82, 2.24) is 0 Å². The fraction of sp³-hybridized carbons (Fsp3) is 0.667. The molecule has 24 heavy (non-hydrogen) atoms. The Labute approximate surface area is 150 Å². The van der Waals surface area contributed by atoms with Gasteiger partial charge in [-0.1, -0.05) is 95.6 Å². The Bertz CT molecular complexity index is 465. The van der Waals surface area contributed by atoms with Crippen LogP contribution in [0.4, 0.5) is 0 Å². The summed E-state index contributed by atoms with van der Waals surface area (Å²) in [5.41, 5.74) is 4.57. The molecule has 2 rings (SSSR count). The van der Waals surface area contributed by atoms with Crippen LogP contribution in [0.1, 0.15) is 102 Å². The van der Waals surface area contributed by atoms with Crippen molar-refractivity contribution in [3.05, 3.63) is 41.5 Å². The highest BCUT2D eigenvalue weighted by molar-refractivity contribution is 5.66. The average Bonchev–Trinajstić information content (AvgIpc) is 2.63. The molecule has 0 heterocycles. The molecule has 1 aliphatic rings. The highest BCUT2D eigenvalue weighted by Gasteiger charge is 2.15. The number of hydrogen-bond acceptors (Lipinski definition) is 0. The molecule has 1 atom stereocenters. The molecule has 1 aromatic carbocycles. The second-order valence-corrected chi connectivity index (χ2v) is 7.73. The number of unbranched alkanes of at least 4 members (excludes halogenated alkanes) is 6. The second kappa shape index (κ2) is 11.5. The van der Waals surface area contributed by atoms with Crippen molar-refractivity contribution in [2.24, 2.45) is 5.92 Å². The summed E-state index contributed by atoms with van der Waals surface area (Å²) < 4.78 is 0. The van der Waals surface area contributed by atoms with E-state index in [0.717, 1.165) is 5.92 Å². The van der Waals surface area contributed by atoms with Gasteiger partial charge in [0.15, 0.2) is 0 Å². The van der Waals surface area contributed by atoms with Gasteiger partial charge >= 0.3 is 0 Å². The minimum atomic E-state index is 0.948. The molecule has 0 fully saturated rings. The zero-order chi connectivity index (χ0) is 17.0. The van der Waals surface area contributed by atoms with Crippen LogP contribution in [0.3, 0.4) is 0 Å². The predicted molar refractivity (Wildman–Crippen MR) is 108 cm³/mol. The van der Waals surface area contributed by atoms with Crippen LogP contribution in [0, 0.1) is 5.92 Å². The summed E-state index contributed by atoms with van der Waals surface area (Å²) >= 11 is 0. The van der Waals surface area contributed by atoms with Crippen molar-refractivity contribution in [3.8, 4) is 0 Å². The van der Waals surface area contributed by atoms with Gasteiger partial charge in [-0.25, -0.2) is 0 Å². The van der Waals surface area contributed by atoms with E-state index in [1.807, 2.05) is 0 Å². The predicted octanol–water partition coefficient (Wildman–Crippen LogP) is 7.96. The molecule has 1 unspecified atom stereocenters. The first-order valence-corrected chi connectivity index (χ1v) is 10.6. The summed E-state index contributed by atoms with van der Waals surface area (Å²) in [7, 11) is 0. The maximum Gasteiger partial charge on any atom is -0.0228 e. The summed E-state index contributed by atoms with van der Waals surface area (Å²) in [5, 5.41) is 0. The third kappa shape index (κ3) is 6.83. The molecule has 0 saturated heterocycles. The zero-order valence-corrected chi connectivity index (χ0v) is 16.2. The van der Waals surface area contributed by atoms with Crippen molar-refractivity contribution in [3.63, 3.8) is 0 Å². The molecule has 0 aromatic heterocycles. The topological polar surface area (TPSA) is 0 Å². The third-order valence-corrected chi connectivity index (χ3v) is 5.63. The average molecular weight is 327 g/mol. The van der Waals surface area contributed by atoms with Crippen LogP contribution < -0.4 is 0 Å². The van der Waals surface area contributed by atoms with Crippen LogP contribution >= 0.6 is 0 Å². The highest BCUT2D eigenvalue weighted by Crippen LogP contribution is 2.33. The van der Waals surface area contributed by atoms with Crippen LogP contribution in [0.2, 0.25) is 0 Å². The van der Waals surface area contributed by atoms with E-state index < -0.39 is 0 Å². The molecule has 0 amide bonds. The molecule has 0 spiro atoms. The van der Waals surface area contributed by atoms with Crippen molar-refractivity contribution in [1.29, 1.82) is 0 Å². The van der Waals surface area contributed by atoms with Crippen molar-refractivity contribution in [2.75, 3.05) is 0 Å². The van der Waals surface area contributed by atoms with Crippen molar-refractivity contribution in [2.45, 2.75) is 97.3 Å². The monoisotopic (exact) mass is 326 g/mol. The fourth-order valence-electron chi connectivity index (χ4n) is 3.91. The Balaban J connectivity index is 1.73. The third-order valence-electron chi connectivity index (χ3n) is 5.63. The van der Waals surface area contributed by atoms with Crippen LogP contribution in [0.15, 0.2) is 30.3 Å². The second-order valence-electron chi connectivity index (χ2n) is 7.73. The minimum Gasteiger partial charge on any atom is -0.0804 e. The van der Waals surface area contributed by atoms with Gasteiger partial charge in [-0.3, -0.25) is 0 Å². The molecule has 0 aliphatic heterocycles. The van der Waals surface area contributed by atoms with Crippen molar-refractivity contribution < 1.29 is 0 Å². The van der Waals surface area contributed by atoms with Gasteiger partial charge < -0.3 is 0 Å².